The van der Waals surface area contributed by atoms with Gasteiger partial charge in [-0.1, -0.05) is 30.3 Å². The van der Waals surface area contributed by atoms with Crippen LogP contribution in [-0.4, -0.2) is 39.9 Å². The molecule has 1 aliphatic rings. The Balaban J connectivity index is 0.00000160. The Bertz CT molecular complexity index is 921. The summed E-state index contributed by atoms with van der Waals surface area (Å²) in [6.07, 6.45) is 2.31. The smallest absolute Gasteiger partial charge is 0.181 e. The minimum absolute atomic E-state index is 0. The monoisotopic (exact) mass is 450 g/mol. The van der Waals surface area contributed by atoms with Crippen molar-refractivity contribution in [1.82, 2.24) is 30.8 Å². The molecule has 0 spiro atoms. The van der Waals surface area contributed by atoms with Crippen LogP contribution in [0.1, 0.15) is 30.0 Å². The molecule has 30 heavy (non-hydrogen) atoms. The van der Waals surface area contributed by atoms with Gasteiger partial charge in [-0.15, -0.1) is 29.9 Å². The summed E-state index contributed by atoms with van der Waals surface area (Å²) in [5, 5.41) is 19.2. The van der Waals surface area contributed by atoms with Gasteiger partial charge < -0.3 is 15.4 Å². The molecule has 4 rings (SSSR count). The lowest BCUT2D eigenvalue weighted by molar-refractivity contribution is 0.303. The number of aromatic nitrogens is 4. The molecule has 2 aromatic carbocycles. The minimum Gasteiger partial charge on any atom is -0.496 e. The molecular weight excluding hydrogens is 423 g/mol. The van der Waals surface area contributed by atoms with Crippen molar-refractivity contribution in [2.75, 3.05) is 13.7 Å². The first-order valence-electron chi connectivity index (χ1n) is 9.67. The first-order valence-corrected chi connectivity index (χ1v) is 9.67. The average molecular weight is 451 g/mol. The summed E-state index contributed by atoms with van der Waals surface area (Å²) in [6, 6.07) is 17.4. The summed E-state index contributed by atoms with van der Waals surface area (Å²) in [5.74, 6) is 1.61. The van der Waals surface area contributed by atoms with E-state index in [9.17, 15) is 0 Å². The van der Waals surface area contributed by atoms with Crippen molar-refractivity contribution in [3.8, 4) is 17.1 Å². The maximum Gasteiger partial charge on any atom is 0.181 e. The van der Waals surface area contributed by atoms with Gasteiger partial charge in [0.2, 0.25) is 0 Å². The maximum atomic E-state index is 5.59. The highest BCUT2D eigenvalue weighted by molar-refractivity contribution is 5.85. The molecule has 9 heteroatoms. The number of benzene rings is 2. The molecule has 0 bridgehead atoms. The summed E-state index contributed by atoms with van der Waals surface area (Å²) >= 11 is 0. The fourth-order valence-corrected chi connectivity index (χ4v) is 3.89. The zero-order valence-corrected chi connectivity index (χ0v) is 18.7. The number of nitrogens with zero attached hydrogens (tertiary/aromatic N) is 4. The molecule has 162 valence electrons. The van der Waals surface area contributed by atoms with Gasteiger partial charge in [0.25, 0.3) is 0 Å². The van der Waals surface area contributed by atoms with Crippen LogP contribution >= 0.6 is 24.8 Å². The Labute approximate surface area is 189 Å². The lowest BCUT2D eigenvalue weighted by Gasteiger charge is -2.34. The van der Waals surface area contributed by atoms with Crippen LogP contribution in [0.15, 0.2) is 48.5 Å². The number of hydrogen-bond acceptors (Lipinski definition) is 6. The number of halogens is 2. The van der Waals surface area contributed by atoms with E-state index in [1.54, 1.807) is 11.8 Å². The second-order valence-corrected chi connectivity index (χ2v) is 7.12. The Morgan fingerprint density at radius 1 is 1.17 bits per heavy atom. The fraction of sp³-hybridized carbons (Fsp3) is 0.381. The summed E-state index contributed by atoms with van der Waals surface area (Å²) in [4.78, 5) is 0. The molecule has 0 saturated carbocycles. The lowest BCUT2D eigenvalue weighted by Crippen LogP contribution is -2.45. The predicted octanol–water partition coefficient (Wildman–Crippen LogP) is 3.31. The predicted molar refractivity (Wildman–Crippen MR) is 122 cm³/mol. The van der Waals surface area contributed by atoms with Gasteiger partial charge in [-0.3, -0.25) is 0 Å². The topological polar surface area (TPSA) is 76.9 Å². The van der Waals surface area contributed by atoms with Crippen LogP contribution in [-0.2, 0) is 13.6 Å². The molecule has 7 nitrogen and oxygen atoms in total. The van der Waals surface area contributed by atoms with Gasteiger partial charge in [0.15, 0.2) is 5.82 Å². The number of tetrazole rings is 1. The largest absolute Gasteiger partial charge is 0.496 e. The SMILES string of the molecule is COc1ccc(-c2nnnn2C)cc1CN[C@H]1CCCN[C@H]1c1ccccc1.Cl.Cl. The van der Waals surface area contributed by atoms with E-state index in [0.29, 0.717) is 12.1 Å². The summed E-state index contributed by atoms with van der Waals surface area (Å²) in [6.45, 7) is 1.77. The van der Waals surface area contributed by atoms with E-state index in [1.165, 1.54) is 12.0 Å². The Hall–Kier alpha value is -2.19. The summed E-state index contributed by atoms with van der Waals surface area (Å²) in [7, 11) is 3.55. The third-order valence-electron chi connectivity index (χ3n) is 5.33. The van der Waals surface area contributed by atoms with Crippen LogP contribution in [0.2, 0.25) is 0 Å². The molecule has 0 radical (unpaired) electrons. The van der Waals surface area contributed by atoms with Crippen molar-refractivity contribution in [2.24, 2.45) is 7.05 Å². The average Bonchev–Trinajstić information content (AvgIpc) is 3.18. The number of ether oxygens (including phenoxy) is 1. The van der Waals surface area contributed by atoms with E-state index in [1.807, 2.05) is 19.2 Å². The van der Waals surface area contributed by atoms with Crippen molar-refractivity contribution in [3.63, 3.8) is 0 Å². The van der Waals surface area contributed by atoms with E-state index >= 15 is 0 Å². The van der Waals surface area contributed by atoms with Gasteiger partial charge in [0.05, 0.1) is 7.11 Å². The van der Waals surface area contributed by atoms with Gasteiger partial charge in [-0.25, -0.2) is 4.68 Å². The Morgan fingerprint density at radius 2 is 1.97 bits per heavy atom. The van der Waals surface area contributed by atoms with Crippen molar-refractivity contribution >= 4 is 24.8 Å². The lowest BCUT2D eigenvalue weighted by atomic mass is 9.92. The molecular formula is C21H28Cl2N6O. The molecule has 2 heterocycles. The highest BCUT2D eigenvalue weighted by Crippen LogP contribution is 2.27. The van der Waals surface area contributed by atoms with Crippen molar-refractivity contribution < 1.29 is 4.74 Å². The van der Waals surface area contributed by atoms with E-state index in [2.05, 4.69) is 62.6 Å². The van der Waals surface area contributed by atoms with Gasteiger partial charge in [0.1, 0.15) is 5.75 Å². The van der Waals surface area contributed by atoms with Crippen molar-refractivity contribution in [3.05, 3.63) is 59.7 Å². The van der Waals surface area contributed by atoms with Crippen LogP contribution in [0.5, 0.6) is 5.75 Å². The zero-order chi connectivity index (χ0) is 19.3. The second kappa shape index (κ2) is 11.3. The number of hydrogen-bond donors (Lipinski definition) is 2. The van der Waals surface area contributed by atoms with Gasteiger partial charge in [0, 0.05) is 36.8 Å². The van der Waals surface area contributed by atoms with E-state index in [4.69, 9.17) is 4.74 Å². The second-order valence-electron chi connectivity index (χ2n) is 7.12. The van der Waals surface area contributed by atoms with Crippen LogP contribution in [0, 0.1) is 0 Å². The van der Waals surface area contributed by atoms with Crippen molar-refractivity contribution in [1.29, 1.82) is 0 Å². The molecule has 2 N–H and O–H groups in total. The number of nitrogens with one attached hydrogen (secondary N) is 2. The number of piperidine rings is 1. The van der Waals surface area contributed by atoms with Crippen LogP contribution in [0.4, 0.5) is 0 Å². The number of rotatable bonds is 6. The van der Waals surface area contributed by atoms with E-state index < -0.39 is 0 Å². The molecule has 2 atom stereocenters. The number of methoxy groups -OCH3 is 1. The third kappa shape index (κ3) is 5.29. The standard InChI is InChI=1S/C21H26N6O.2ClH/c1-27-21(24-25-26-27)16-10-11-19(28-2)17(13-16)14-23-18-9-6-12-22-20(18)15-7-4-3-5-8-15;;/h3-5,7-8,10-11,13,18,20,22-23H,6,9,12,14H2,1-2H3;2*1H/t18-,20-;;/m0../s1. The molecule has 0 unspecified atom stereocenters. The minimum atomic E-state index is 0. The van der Waals surface area contributed by atoms with Crippen LogP contribution in [0.3, 0.4) is 0 Å². The van der Waals surface area contributed by atoms with Gasteiger partial charge in [-0.2, -0.15) is 0 Å². The Kier molecular flexibility index (Phi) is 9.05. The number of aryl methyl sites for hydroxylation is 1. The van der Waals surface area contributed by atoms with Gasteiger partial charge in [-0.05, 0) is 53.6 Å². The van der Waals surface area contributed by atoms with E-state index in [-0.39, 0.29) is 24.8 Å². The normalized spacial score (nSPS) is 18.2. The molecule has 0 aliphatic carbocycles. The molecule has 3 aromatic rings. The molecule has 1 fully saturated rings. The van der Waals surface area contributed by atoms with Gasteiger partial charge >= 0.3 is 0 Å². The fourth-order valence-electron chi connectivity index (χ4n) is 3.89. The third-order valence-corrected chi connectivity index (χ3v) is 5.33. The maximum absolute atomic E-state index is 5.59. The first-order chi connectivity index (χ1) is 13.8. The summed E-state index contributed by atoms with van der Waals surface area (Å²) < 4.78 is 7.26. The zero-order valence-electron chi connectivity index (χ0n) is 17.1. The van der Waals surface area contributed by atoms with E-state index in [0.717, 1.165) is 42.2 Å². The van der Waals surface area contributed by atoms with Crippen LogP contribution in [0.25, 0.3) is 11.4 Å². The molecule has 1 aromatic heterocycles. The molecule has 0 amide bonds. The first kappa shape index (κ1) is 24.1. The summed E-state index contributed by atoms with van der Waals surface area (Å²) in [5.41, 5.74) is 3.40. The van der Waals surface area contributed by atoms with Crippen LogP contribution < -0.4 is 15.4 Å². The quantitative estimate of drug-likeness (QED) is 0.599. The van der Waals surface area contributed by atoms with Crippen molar-refractivity contribution in [2.45, 2.75) is 31.5 Å². The highest BCUT2D eigenvalue weighted by Gasteiger charge is 2.25. The molecule has 1 saturated heterocycles. The highest BCUT2D eigenvalue weighted by atomic mass is 35.5. The Morgan fingerprint density at radius 3 is 2.67 bits per heavy atom. The molecule has 1 aliphatic heterocycles.